The van der Waals surface area contributed by atoms with Gasteiger partial charge in [-0.1, -0.05) is 31.0 Å². The van der Waals surface area contributed by atoms with Crippen LogP contribution in [-0.2, 0) is 11.2 Å². The Bertz CT molecular complexity index is 568. The summed E-state index contributed by atoms with van der Waals surface area (Å²) in [4.78, 5) is 30.8. The van der Waals surface area contributed by atoms with E-state index < -0.39 is 0 Å². The predicted octanol–water partition coefficient (Wildman–Crippen LogP) is 1.15. The summed E-state index contributed by atoms with van der Waals surface area (Å²) in [7, 11) is 0. The number of carbonyl (C=O) groups is 1. The number of nitrogens with one attached hydrogen (secondary N) is 2. The zero-order valence-corrected chi connectivity index (χ0v) is 13.7. The maximum atomic E-state index is 11.9. The van der Waals surface area contributed by atoms with E-state index in [-0.39, 0.29) is 23.8 Å². The minimum absolute atomic E-state index is 0.0170. The van der Waals surface area contributed by atoms with Crippen molar-refractivity contribution in [3.8, 4) is 0 Å². The van der Waals surface area contributed by atoms with Gasteiger partial charge in [-0.05, 0) is 19.8 Å². The van der Waals surface area contributed by atoms with Crippen LogP contribution in [-0.4, -0.2) is 39.4 Å². The third kappa shape index (κ3) is 4.84. The number of aliphatic hydroxyl groups excluding tert-OH is 1. The third-order valence-corrected chi connectivity index (χ3v) is 4.75. The molecule has 1 aromatic heterocycles. The number of nitrogens with zero attached hydrogens (tertiary/aromatic N) is 1. The number of thioether (sulfide) groups is 1. The molecule has 1 amide bonds. The van der Waals surface area contributed by atoms with Crippen LogP contribution in [0, 0.1) is 6.92 Å². The lowest BCUT2D eigenvalue weighted by Crippen LogP contribution is -2.37. The van der Waals surface area contributed by atoms with Crippen molar-refractivity contribution < 1.29 is 9.90 Å². The van der Waals surface area contributed by atoms with Gasteiger partial charge in [0.25, 0.3) is 5.56 Å². The van der Waals surface area contributed by atoms with Gasteiger partial charge in [0.15, 0.2) is 5.16 Å². The first-order chi connectivity index (χ1) is 10.6. The first-order valence-corrected chi connectivity index (χ1v) is 8.71. The van der Waals surface area contributed by atoms with Gasteiger partial charge in [0.1, 0.15) is 0 Å². The quantitative estimate of drug-likeness (QED) is 0.539. The van der Waals surface area contributed by atoms with Crippen LogP contribution in [0.15, 0.2) is 9.95 Å². The molecule has 1 aliphatic rings. The molecule has 0 atom stereocenters. The first kappa shape index (κ1) is 17.0. The lowest BCUT2D eigenvalue weighted by Gasteiger charge is -2.22. The van der Waals surface area contributed by atoms with E-state index in [0.29, 0.717) is 28.9 Å². The second-order valence-corrected chi connectivity index (χ2v) is 6.56. The zero-order chi connectivity index (χ0) is 15.9. The molecule has 0 aromatic carbocycles. The van der Waals surface area contributed by atoms with Gasteiger partial charge in [-0.25, -0.2) is 4.98 Å². The van der Waals surface area contributed by atoms with Gasteiger partial charge in [-0.3, -0.25) is 9.59 Å². The molecule has 0 radical (unpaired) electrons. The minimum Gasteiger partial charge on any atom is -0.396 e. The Morgan fingerprint density at radius 2 is 2.14 bits per heavy atom. The molecule has 122 valence electrons. The molecule has 7 heteroatoms. The summed E-state index contributed by atoms with van der Waals surface area (Å²) >= 11 is 1.23. The molecule has 1 aromatic rings. The fraction of sp³-hybridized carbons (Fsp3) is 0.667. The van der Waals surface area contributed by atoms with Gasteiger partial charge in [0.05, 0.1) is 5.75 Å². The number of amides is 1. The smallest absolute Gasteiger partial charge is 0.255 e. The molecule has 22 heavy (non-hydrogen) atoms. The molecule has 1 saturated carbocycles. The Hall–Kier alpha value is -1.34. The Balaban J connectivity index is 1.88. The molecule has 2 rings (SSSR count). The van der Waals surface area contributed by atoms with Crippen LogP contribution in [0.5, 0.6) is 0 Å². The Morgan fingerprint density at radius 1 is 1.41 bits per heavy atom. The highest BCUT2D eigenvalue weighted by atomic mass is 32.2. The summed E-state index contributed by atoms with van der Waals surface area (Å²) in [5, 5.41) is 12.4. The monoisotopic (exact) mass is 325 g/mol. The molecule has 1 aliphatic carbocycles. The number of aryl methyl sites for hydroxylation is 1. The van der Waals surface area contributed by atoms with E-state index in [4.69, 9.17) is 5.11 Å². The molecule has 0 aliphatic heterocycles. The van der Waals surface area contributed by atoms with E-state index in [1.54, 1.807) is 6.92 Å². The van der Waals surface area contributed by atoms with Crippen LogP contribution < -0.4 is 10.9 Å². The summed E-state index contributed by atoms with van der Waals surface area (Å²) < 4.78 is 0. The molecule has 0 saturated heterocycles. The number of aromatic nitrogens is 2. The molecular formula is C15H23N3O3S. The normalized spacial score (nSPS) is 15.7. The van der Waals surface area contributed by atoms with Crippen molar-refractivity contribution in [3.63, 3.8) is 0 Å². The van der Waals surface area contributed by atoms with Crippen molar-refractivity contribution in [1.82, 2.24) is 15.3 Å². The SMILES string of the molecule is Cc1nc(SCC(=O)NC2CCCCC2)[nH]c(=O)c1CCO. The topological polar surface area (TPSA) is 95.1 Å². The molecule has 1 heterocycles. The van der Waals surface area contributed by atoms with E-state index in [1.165, 1.54) is 31.0 Å². The predicted molar refractivity (Wildman–Crippen MR) is 86.1 cm³/mol. The van der Waals surface area contributed by atoms with Crippen LogP contribution in [0.4, 0.5) is 0 Å². The molecule has 6 nitrogen and oxygen atoms in total. The van der Waals surface area contributed by atoms with Crippen molar-refractivity contribution >= 4 is 17.7 Å². The standard InChI is InChI=1S/C15H23N3O3S/c1-10-12(7-8-19)14(21)18-15(16-10)22-9-13(20)17-11-5-3-2-4-6-11/h11,19H,2-9H2,1H3,(H,17,20)(H,16,18,21). The summed E-state index contributed by atoms with van der Waals surface area (Å²) in [6.45, 7) is 1.66. The van der Waals surface area contributed by atoms with E-state index in [1.807, 2.05) is 0 Å². The number of aromatic amines is 1. The highest BCUT2D eigenvalue weighted by molar-refractivity contribution is 7.99. The summed E-state index contributed by atoms with van der Waals surface area (Å²) in [5.74, 6) is 0.231. The molecule has 0 spiro atoms. The average Bonchev–Trinajstić information content (AvgIpc) is 2.50. The van der Waals surface area contributed by atoms with Gasteiger partial charge in [-0.2, -0.15) is 0 Å². The Morgan fingerprint density at radius 3 is 2.77 bits per heavy atom. The van der Waals surface area contributed by atoms with E-state index in [9.17, 15) is 9.59 Å². The summed E-state index contributed by atoms with van der Waals surface area (Å²) in [6, 6.07) is 0.294. The van der Waals surface area contributed by atoms with Gasteiger partial charge >= 0.3 is 0 Å². The lowest BCUT2D eigenvalue weighted by molar-refractivity contribution is -0.119. The second kappa shape index (κ2) is 8.33. The second-order valence-electron chi connectivity index (χ2n) is 5.60. The van der Waals surface area contributed by atoms with Crippen LogP contribution in [0.2, 0.25) is 0 Å². The van der Waals surface area contributed by atoms with Crippen molar-refractivity contribution in [1.29, 1.82) is 0 Å². The van der Waals surface area contributed by atoms with Gasteiger partial charge in [0.2, 0.25) is 5.91 Å². The zero-order valence-electron chi connectivity index (χ0n) is 12.9. The molecule has 0 unspecified atom stereocenters. The largest absolute Gasteiger partial charge is 0.396 e. The maximum absolute atomic E-state index is 11.9. The highest BCUT2D eigenvalue weighted by Crippen LogP contribution is 2.18. The van der Waals surface area contributed by atoms with Crippen LogP contribution in [0.3, 0.4) is 0 Å². The number of hydrogen-bond acceptors (Lipinski definition) is 5. The Labute approximate surface area is 134 Å². The number of carbonyl (C=O) groups excluding carboxylic acids is 1. The van der Waals surface area contributed by atoms with Crippen LogP contribution in [0.1, 0.15) is 43.4 Å². The summed E-state index contributed by atoms with van der Waals surface area (Å²) in [6.07, 6.45) is 6.02. The van der Waals surface area contributed by atoms with Crippen molar-refractivity contribution in [2.24, 2.45) is 0 Å². The average molecular weight is 325 g/mol. The number of aliphatic hydroxyl groups is 1. The lowest BCUT2D eigenvalue weighted by atomic mass is 9.95. The molecular weight excluding hydrogens is 302 g/mol. The van der Waals surface area contributed by atoms with Gasteiger partial charge < -0.3 is 15.4 Å². The maximum Gasteiger partial charge on any atom is 0.255 e. The number of H-pyrrole nitrogens is 1. The van der Waals surface area contributed by atoms with Crippen molar-refractivity contribution in [2.75, 3.05) is 12.4 Å². The third-order valence-electron chi connectivity index (χ3n) is 3.87. The highest BCUT2D eigenvalue weighted by Gasteiger charge is 2.16. The van der Waals surface area contributed by atoms with E-state index in [0.717, 1.165) is 12.8 Å². The molecule has 3 N–H and O–H groups in total. The molecule has 0 bridgehead atoms. The Kier molecular flexibility index (Phi) is 6.45. The van der Waals surface area contributed by atoms with Crippen LogP contribution >= 0.6 is 11.8 Å². The van der Waals surface area contributed by atoms with Crippen molar-refractivity contribution in [2.45, 2.75) is 56.6 Å². The fourth-order valence-electron chi connectivity index (χ4n) is 2.71. The van der Waals surface area contributed by atoms with Gasteiger partial charge in [0, 0.05) is 30.3 Å². The van der Waals surface area contributed by atoms with E-state index in [2.05, 4.69) is 15.3 Å². The van der Waals surface area contributed by atoms with Crippen molar-refractivity contribution in [3.05, 3.63) is 21.6 Å². The number of rotatable bonds is 6. The van der Waals surface area contributed by atoms with Gasteiger partial charge in [-0.15, -0.1) is 0 Å². The first-order valence-electron chi connectivity index (χ1n) is 7.73. The minimum atomic E-state index is -0.239. The van der Waals surface area contributed by atoms with E-state index >= 15 is 0 Å². The fourth-order valence-corrected chi connectivity index (χ4v) is 3.43. The molecule has 1 fully saturated rings. The number of hydrogen-bond donors (Lipinski definition) is 3. The van der Waals surface area contributed by atoms with Crippen LogP contribution in [0.25, 0.3) is 0 Å². The summed E-state index contributed by atoms with van der Waals surface area (Å²) in [5.41, 5.74) is 0.864.